The van der Waals surface area contributed by atoms with E-state index in [9.17, 15) is 14.4 Å². The van der Waals surface area contributed by atoms with Gasteiger partial charge in [-0.05, 0) is 19.9 Å². The summed E-state index contributed by atoms with van der Waals surface area (Å²) >= 11 is 0. The Kier molecular flexibility index (Phi) is 5.95. The third-order valence-electron chi connectivity index (χ3n) is 3.87. The Morgan fingerprint density at radius 2 is 1.60 bits per heavy atom. The van der Waals surface area contributed by atoms with Crippen molar-refractivity contribution in [2.45, 2.75) is 31.8 Å². The summed E-state index contributed by atoms with van der Waals surface area (Å²) in [6.45, 7) is 1.81. The van der Waals surface area contributed by atoms with Crippen molar-refractivity contribution < 1.29 is 19.1 Å². The van der Waals surface area contributed by atoms with Gasteiger partial charge in [0.25, 0.3) is 0 Å². The molecular weight excluding hydrogens is 284 g/mol. The van der Waals surface area contributed by atoms with E-state index in [1.807, 2.05) is 7.05 Å². The predicted octanol–water partition coefficient (Wildman–Crippen LogP) is 0.441. The van der Waals surface area contributed by atoms with Crippen LogP contribution in [0.4, 0.5) is 0 Å². The molecule has 0 atom stereocenters. The first-order chi connectivity index (χ1) is 8.97. The average molecular weight is 305 g/mol. The molecule has 0 aromatic carbocycles. The number of nitrogens with zero attached hydrogens (tertiary/aromatic N) is 2. The van der Waals surface area contributed by atoms with Crippen molar-refractivity contribution >= 4 is 30.2 Å². The van der Waals surface area contributed by atoms with Crippen LogP contribution in [0.25, 0.3) is 0 Å². The molecule has 0 aromatic rings. The number of hydrogen-bond acceptors (Lipinski definition) is 5. The van der Waals surface area contributed by atoms with Crippen LogP contribution in [0, 0.1) is 5.92 Å². The molecule has 2 rings (SSSR count). The third kappa shape index (κ3) is 3.93. The SMILES string of the molecule is CN1CCC(OC(=O)C2CC(=O)N(C)C(=O)C2)CC1.Cl. The van der Waals surface area contributed by atoms with Crippen LogP contribution in [0.15, 0.2) is 0 Å². The van der Waals surface area contributed by atoms with Crippen molar-refractivity contribution in [3.05, 3.63) is 0 Å². The van der Waals surface area contributed by atoms with E-state index in [2.05, 4.69) is 4.90 Å². The summed E-state index contributed by atoms with van der Waals surface area (Å²) in [6.07, 6.45) is 1.71. The maximum atomic E-state index is 12.0. The van der Waals surface area contributed by atoms with Crippen molar-refractivity contribution in [2.75, 3.05) is 27.2 Å². The lowest BCUT2D eigenvalue weighted by molar-refractivity contribution is -0.164. The maximum Gasteiger partial charge on any atom is 0.310 e. The zero-order valence-electron chi connectivity index (χ0n) is 11.8. The Morgan fingerprint density at radius 3 is 2.10 bits per heavy atom. The number of ether oxygens (including phenoxy) is 1. The van der Waals surface area contributed by atoms with E-state index < -0.39 is 11.9 Å². The molecule has 2 aliphatic rings. The normalized spacial score (nSPS) is 22.6. The quantitative estimate of drug-likeness (QED) is 0.547. The average Bonchev–Trinajstić information content (AvgIpc) is 2.38. The van der Waals surface area contributed by atoms with Gasteiger partial charge >= 0.3 is 5.97 Å². The zero-order chi connectivity index (χ0) is 14.0. The van der Waals surface area contributed by atoms with Crippen LogP contribution in [0.5, 0.6) is 0 Å². The second-order valence-corrected chi connectivity index (χ2v) is 5.39. The third-order valence-corrected chi connectivity index (χ3v) is 3.87. The van der Waals surface area contributed by atoms with Crippen molar-refractivity contribution in [1.29, 1.82) is 0 Å². The molecule has 0 aliphatic carbocycles. The number of rotatable bonds is 2. The van der Waals surface area contributed by atoms with Gasteiger partial charge in [-0.3, -0.25) is 19.3 Å². The van der Waals surface area contributed by atoms with Crippen LogP contribution in [0.2, 0.25) is 0 Å². The number of esters is 1. The summed E-state index contributed by atoms with van der Waals surface area (Å²) in [7, 11) is 3.48. The van der Waals surface area contributed by atoms with E-state index in [4.69, 9.17) is 4.74 Å². The Hall–Kier alpha value is -1.14. The minimum absolute atomic E-state index is 0. The summed E-state index contributed by atoms with van der Waals surface area (Å²) in [4.78, 5) is 38.3. The summed E-state index contributed by atoms with van der Waals surface area (Å²) < 4.78 is 5.42. The van der Waals surface area contributed by atoms with Gasteiger partial charge in [0.2, 0.25) is 11.8 Å². The Balaban J connectivity index is 0.00000200. The van der Waals surface area contributed by atoms with Crippen LogP contribution in [-0.2, 0) is 19.1 Å². The molecule has 0 aromatic heterocycles. The van der Waals surface area contributed by atoms with Crippen LogP contribution in [0.3, 0.4) is 0 Å². The molecule has 2 fully saturated rings. The van der Waals surface area contributed by atoms with Gasteiger partial charge in [-0.15, -0.1) is 12.4 Å². The van der Waals surface area contributed by atoms with E-state index >= 15 is 0 Å². The highest BCUT2D eigenvalue weighted by Gasteiger charge is 2.36. The number of piperidine rings is 2. The molecule has 20 heavy (non-hydrogen) atoms. The summed E-state index contributed by atoms with van der Waals surface area (Å²) in [5.74, 6) is -1.61. The van der Waals surface area contributed by atoms with E-state index in [-0.39, 0.29) is 43.2 Å². The lowest BCUT2D eigenvalue weighted by atomic mass is 9.96. The first kappa shape index (κ1) is 16.9. The summed E-state index contributed by atoms with van der Waals surface area (Å²) in [6, 6.07) is 0. The number of halogens is 1. The van der Waals surface area contributed by atoms with Gasteiger partial charge in [0.1, 0.15) is 6.10 Å². The standard InChI is InChI=1S/C13H20N2O4.ClH/c1-14-5-3-10(4-6-14)19-13(18)9-7-11(16)15(2)12(17)8-9;/h9-10H,3-8H2,1-2H3;1H. The zero-order valence-corrected chi connectivity index (χ0v) is 12.6. The largest absolute Gasteiger partial charge is 0.462 e. The second kappa shape index (κ2) is 7.04. The fraction of sp³-hybridized carbons (Fsp3) is 0.769. The predicted molar refractivity (Wildman–Crippen MR) is 74.4 cm³/mol. The van der Waals surface area contributed by atoms with Crippen LogP contribution < -0.4 is 0 Å². The van der Waals surface area contributed by atoms with Gasteiger partial charge in [0, 0.05) is 33.0 Å². The van der Waals surface area contributed by atoms with E-state index in [0.717, 1.165) is 30.8 Å². The Morgan fingerprint density at radius 1 is 1.10 bits per heavy atom. The minimum atomic E-state index is -0.601. The summed E-state index contributed by atoms with van der Waals surface area (Å²) in [5, 5.41) is 0. The van der Waals surface area contributed by atoms with Gasteiger partial charge in [0.05, 0.1) is 5.92 Å². The molecule has 0 N–H and O–H groups in total. The highest BCUT2D eigenvalue weighted by molar-refractivity contribution is 6.01. The molecule has 2 heterocycles. The van der Waals surface area contributed by atoms with Crippen LogP contribution >= 0.6 is 12.4 Å². The molecule has 0 saturated carbocycles. The van der Waals surface area contributed by atoms with Gasteiger partial charge in [-0.2, -0.15) is 0 Å². The fourth-order valence-electron chi connectivity index (χ4n) is 2.44. The van der Waals surface area contributed by atoms with Crippen LogP contribution in [-0.4, -0.2) is 60.9 Å². The number of amides is 2. The molecule has 2 saturated heterocycles. The van der Waals surface area contributed by atoms with Crippen LogP contribution in [0.1, 0.15) is 25.7 Å². The number of hydrogen-bond donors (Lipinski definition) is 0. The van der Waals surface area contributed by atoms with Crippen molar-refractivity contribution in [2.24, 2.45) is 5.92 Å². The maximum absolute atomic E-state index is 12.0. The molecule has 6 nitrogen and oxygen atoms in total. The lowest BCUT2D eigenvalue weighted by Crippen LogP contribution is -2.44. The molecule has 2 aliphatic heterocycles. The number of carbonyl (C=O) groups excluding carboxylic acids is 3. The Labute approximate surface area is 124 Å². The van der Waals surface area contributed by atoms with Gasteiger partial charge in [-0.25, -0.2) is 0 Å². The monoisotopic (exact) mass is 304 g/mol. The van der Waals surface area contributed by atoms with Gasteiger partial charge < -0.3 is 9.64 Å². The van der Waals surface area contributed by atoms with Crippen molar-refractivity contribution in [1.82, 2.24) is 9.80 Å². The number of carbonyl (C=O) groups is 3. The van der Waals surface area contributed by atoms with E-state index in [0.29, 0.717) is 0 Å². The van der Waals surface area contributed by atoms with E-state index in [1.54, 1.807) is 0 Å². The number of likely N-dealkylation sites (tertiary alicyclic amines) is 2. The molecule has 0 bridgehead atoms. The van der Waals surface area contributed by atoms with Gasteiger partial charge in [0.15, 0.2) is 0 Å². The van der Waals surface area contributed by atoms with E-state index in [1.165, 1.54) is 7.05 Å². The second-order valence-electron chi connectivity index (χ2n) is 5.39. The lowest BCUT2D eigenvalue weighted by Gasteiger charge is -2.31. The minimum Gasteiger partial charge on any atom is -0.462 e. The smallest absolute Gasteiger partial charge is 0.310 e. The molecule has 2 amide bonds. The molecule has 0 spiro atoms. The summed E-state index contributed by atoms with van der Waals surface area (Å²) in [5.41, 5.74) is 0. The fourth-order valence-corrected chi connectivity index (χ4v) is 2.44. The Bertz CT molecular complexity index is 376. The molecule has 0 unspecified atom stereocenters. The molecule has 114 valence electrons. The molecule has 7 heteroatoms. The first-order valence-electron chi connectivity index (χ1n) is 6.66. The highest BCUT2D eigenvalue weighted by atomic mass is 35.5. The molecule has 0 radical (unpaired) electrons. The molecular formula is C13H21ClN2O4. The highest BCUT2D eigenvalue weighted by Crippen LogP contribution is 2.22. The van der Waals surface area contributed by atoms with Crippen molar-refractivity contribution in [3.8, 4) is 0 Å². The first-order valence-corrected chi connectivity index (χ1v) is 6.66. The van der Waals surface area contributed by atoms with Crippen molar-refractivity contribution in [3.63, 3.8) is 0 Å². The van der Waals surface area contributed by atoms with Gasteiger partial charge in [-0.1, -0.05) is 0 Å². The topological polar surface area (TPSA) is 66.9 Å². The number of imide groups is 1.